The standard InChI is InChI=1S/C14H23NO.C2H6.H2/c1-3-13(16)14(2,15)11-7-10-12-8-5-4-6-9-12;1-2;/h5,8-9H,3-4,6-7,10-11,15H2,1-2H3;1-2H3;1H. The van der Waals surface area contributed by atoms with Gasteiger partial charge >= 0.3 is 0 Å². The third-order valence-corrected chi connectivity index (χ3v) is 3.19. The molecular formula is C16H31NO. The number of nitrogens with two attached hydrogens (primary N) is 1. The number of hydrogen-bond acceptors (Lipinski definition) is 2. The number of ketones is 1. The molecule has 0 aromatic heterocycles. The molecule has 0 aromatic carbocycles. The van der Waals surface area contributed by atoms with Crippen LogP contribution in [0.3, 0.4) is 0 Å². The van der Waals surface area contributed by atoms with Crippen molar-refractivity contribution in [2.75, 3.05) is 0 Å². The number of hydrogen-bond donors (Lipinski definition) is 1. The Balaban J connectivity index is 0. The summed E-state index contributed by atoms with van der Waals surface area (Å²) in [6, 6.07) is 0. The molecule has 18 heavy (non-hydrogen) atoms. The van der Waals surface area contributed by atoms with E-state index in [4.69, 9.17) is 5.73 Å². The first-order valence-electron chi connectivity index (χ1n) is 7.24. The van der Waals surface area contributed by atoms with Crippen LogP contribution < -0.4 is 5.73 Å². The van der Waals surface area contributed by atoms with Gasteiger partial charge in [0, 0.05) is 7.85 Å². The molecule has 1 rings (SSSR count). The maximum atomic E-state index is 11.6. The topological polar surface area (TPSA) is 43.1 Å². The van der Waals surface area contributed by atoms with Crippen molar-refractivity contribution in [1.29, 1.82) is 0 Å². The summed E-state index contributed by atoms with van der Waals surface area (Å²) in [6.45, 7) is 7.73. The van der Waals surface area contributed by atoms with Crippen LogP contribution in [0.4, 0.5) is 0 Å². The van der Waals surface area contributed by atoms with Crippen molar-refractivity contribution in [3.8, 4) is 0 Å². The highest BCUT2D eigenvalue weighted by Crippen LogP contribution is 2.19. The fourth-order valence-electron chi connectivity index (χ4n) is 2.06. The van der Waals surface area contributed by atoms with Crippen molar-refractivity contribution in [2.24, 2.45) is 5.73 Å². The van der Waals surface area contributed by atoms with Gasteiger partial charge in [-0.1, -0.05) is 44.6 Å². The van der Waals surface area contributed by atoms with E-state index >= 15 is 0 Å². The first-order chi connectivity index (χ1) is 8.56. The molecule has 2 nitrogen and oxygen atoms in total. The van der Waals surface area contributed by atoms with Gasteiger partial charge in [-0.15, -0.1) is 0 Å². The van der Waals surface area contributed by atoms with Gasteiger partial charge in [0.15, 0.2) is 5.78 Å². The van der Waals surface area contributed by atoms with Crippen molar-refractivity contribution >= 4 is 5.78 Å². The number of carbonyl (C=O) groups is 1. The summed E-state index contributed by atoms with van der Waals surface area (Å²) in [5.41, 5.74) is 6.76. The maximum absolute atomic E-state index is 11.6. The molecule has 1 unspecified atom stereocenters. The van der Waals surface area contributed by atoms with Gasteiger partial charge in [0.25, 0.3) is 0 Å². The van der Waals surface area contributed by atoms with Crippen LogP contribution in [0.2, 0.25) is 0 Å². The summed E-state index contributed by atoms with van der Waals surface area (Å²) < 4.78 is 0. The number of rotatable bonds is 6. The molecule has 0 bridgehead atoms. The Kier molecular flexibility index (Phi) is 8.65. The average molecular weight is 253 g/mol. The van der Waals surface area contributed by atoms with E-state index in [1.165, 1.54) is 5.57 Å². The van der Waals surface area contributed by atoms with E-state index in [0.29, 0.717) is 6.42 Å². The van der Waals surface area contributed by atoms with Crippen molar-refractivity contribution < 1.29 is 6.22 Å². The van der Waals surface area contributed by atoms with E-state index in [2.05, 4.69) is 18.2 Å². The molecule has 106 valence electrons. The third kappa shape index (κ3) is 6.15. The van der Waals surface area contributed by atoms with E-state index in [0.717, 1.165) is 32.1 Å². The van der Waals surface area contributed by atoms with Crippen molar-refractivity contribution in [1.82, 2.24) is 0 Å². The van der Waals surface area contributed by atoms with E-state index in [-0.39, 0.29) is 7.21 Å². The number of carbonyl (C=O) groups excluding carboxylic acids is 1. The lowest BCUT2D eigenvalue weighted by molar-refractivity contribution is -0.123. The van der Waals surface area contributed by atoms with Crippen LogP contribution in [0.25, 0.3) is 0 Å². The lowest BCUT2D eigenvalue weighted by Gasteiger charge is -2.22. The van der Waals surface area contributed by atoms with Crippen LogP contribution in [0.1, 0.15) is 67.6 Å². The molecular weight excluding hydrogens is 222 g/mol. The summed E-state index contributed by atoms with van der Waals surface area (Å²) in [6.07, 6.45) is 12.4. The molecule has 0 saturated heterocycles. The minimum absolute atomic E-state index is 0. The van der Waals surface area contributed by atoms with Gasteiger partial charge in [0.05, 0.1) is 5.54 Å². The number of allylic oxidation sites excluding steroid dienone is 4. The zero-order chi connectivity index (χ0) is 14.0. The van der Waals surface area contributed by atoms with Crippen molar-refractivity contribution in [3.05, 3.63) is 23.8 Å². The second-order valence-corrected chi connectivity index (χ2v) is 4.81. The fourth-order valence-corrected chi connectivity index (χ4v) is 2.06. The Morgan fingerprint density at radius 1 is 1.44 bits per heavy atom. The molecule has 0 aliphatic heterocycles. The second-order valence-electron chi connectivity index (χ2n) is 4.81. The quantitative estimate of drug-likeness (QED) is 0.762. The zero-order valence-electron chi connectivity index (χ0n) is 12.5. The van der Waals surface area contributed by atoms with Gasteiger partial charge in [-0.25, -0.2) is 0 Å². The Hall–Kier alpha value is -0.890. The SMILES string of the molecule is CC.CCC(=O)C(C)(N)CCCC1=CCCC=C1.[HH]. The van der Waals surface area contributed by atoms with Crippen LogP contribution in [-0.2, 0) is 4.79 Å². The summed E-state index contributed by atoms with van der Waals surface area (Å²) in [5.74, 6) is 0.167. The van der Waals surface area contributed by atoms with Crippen molar-refractivity contribution in [3.63, 3.8) is 0 Å². The molecule has 0 heterocycles. The lowest BCUT2D eigenvalue weighted by Crippen LogP contribution is -2.44. The minimum atomic E-state index is -0.631. The molecule has 0 spiro atoms. The van der Waals surface area contributed by atoms with E-state index in [1.54, 1.807) is 0 Å². The fraction of sp³-hybridized carbons (Fsp3) is 0.688. The highest BCUT2D eigenvalue weighted by molar-refractivity contribution is 5.87. The molecule has 0 amide bonds. The van der Waals surface area contributed by atoms with Crippen molar-refractivity contribution in [2.45, 2.75) is 71.8 Å². The summed E-state index contributed by atoms with van der Waals surface area (Å²) >= 11 is 0. The van der Waals surface area contributed by atoms with Gasteiger partial charge in [-0.05, 0) is 39.0 Å². The van der Waals surface area contributed by atoms with Crippen LogP contribution in [-0.4, -0.2) is 11.3 Å². The van der Waals surface area contributed by atoms with Gasteiger partial charge < -0.3 is 5.73 Å². The van der Waals surface area contributed by atoms with Crippen LogP contribution >= 0.6 is 0 Å². The average Bonchev–Trinajstić information content (AvgIpc) is 2.41. The van der Waals surface area contributed by atoms with E-state index < -0.39 is 5.54 Å². The predicted octanol–water partition coefficient (Wildman–Crippen LogP) is 4.40. The highest BCUT2D eigenvalue weighted by atomic mass is 16.1. The molecule has 0 aromatic rings. The number of Topliss-reactive ketones (excluding diaryl/α,β-unsaturated/α-hetero) is 1. The maximum Gasteiger partial charge on any atom is 0.152 e. The van der Waals surface area contributed by atoms with E-state index in [1.807, 2.05) is 27.7 Å². The predicted molar refractivity (Wildman–Crippen MR) is 81.7 cm³/mol. The lowest BCUT2D eigenvalue weighted by atomic mass is 9.88. The Morgan fingerprint density at radius 2 is 2.11 bits per heavy atom. The summed E-state index contributed by atoms with van der Waals surface area (Å²) in [7, 11) is 0. The summed E-state index contributed by atoms with van der Waals surface area (Å²) in [5, 5.41) is 0. The van der Waals surface area contributed by atoms with E-state index in [9.17, 15) is 4.79 Å². The van der Waals surface area contributed by atoms with Gasteiger partial charge in [0.2, 0.25) is 0 Å². The van der Waals surface area contributed by atoms with Crippen LogP contribution in [0.5, 0.6) is 0 Å². The molecule has 1 aliphatic carbocycles. The Morgan fingerprint density at radius 3 is 2.61 bits per heavy atom. The highest BCUT2D eigenvalue weighted by Gasteiger charge is 2.25. The molecule has 0 radical (unpaired) electrons. The molecule has 0 saturated carbocycles. The molecule has 2 N–H and O–H groups in total. The van der Waals surface area contributed by atoms with Gasteiger partial charge in [0.1, 0.15) is 0 Å². The Bertz CT molecular complexity index is 306. The second kappa shape index (κ2) is 9.09. The smallest absolute Gasteiger partial charge is 0.152 e. The first-order valence-corrected chi connectivity index (χ1v) is 7.24. The Labute approximate surface area is 114 Å². The van der Waals surface area contributed by atoms with Gasteiger partial charge in [-0.3, -0.25) is 4.79 Å². The largest absolute Gasteiger partial charge is 0.319 e. The first kappa shape index (κ1) is 17.1. The molecule has 2 heteroatoms. The molecule has 1 atom stereocenters. The molecule has 0 fully saturated rings. The third-order valence-electron chi connectivity index (χ3n) is 3.19. The summed E-state index contributed by atoms with van der Waals surface area (Å²) in [4.78, 5) is 11.6. The van der Waals surface area contributed by atoms with Crippen LogP contribution in [0.15, 0.2) is 23.8 Å². The molecule has 1 aliphatic rings. The monoisotopic (exact) mass is 253 g/mol. The van der Waals surface area contributed by atoms with Crippen LogP contribution in [0, 0.1) is 0 Å². The normalized spacial score (nSPS) is 17.3. The zero-order valence-corrected chi connectivity index (χ0v) is 12.5. The minimum Gasteiger partial charge on any atom is -0.319 e. The van der Waals surface area contributed by atoms with Gasteiger partial charge in [-0.2, -0.15) is 0 Å².